The zero-order valence-electron chi connectivity index (χ0n) is 7.95. The molecule has 0 radical (unpaired) electrons. The smallest absolute Gasteiger partial charge is 0.288 e. The summed E-state index contributed by atoms with van der Waals surface area (Å²) >= 11 is 0. The van der Waals surface area contributed by atoms with Gasteiger partial charge in [0.25, 0.3) is 17.0 Å². The number of hydrogen-bond donors (Lipinski definition) is 3. The highest BCUT2D eigenvalue weighted by molar-refractivity contribution is 5.28. The second kappa shape index (κ2) is 3.12. The molecule has 1 aliphatic rings. The Kier molecular flexibility index (Phi) is 2.00. The fourth-order valence-corrected chi connectivity index (χ4v) is 1.33. The molecule has 2 rings (SSSR count). The largest absolute Gasteiger partial charge is 0.596 e. The molecule has 0 saturated heterocycles. The van der Waals surface area contributed by atoms with E-state index in [1.165, 1.54) is 12.1 Å². The van der Waals surface area contributed by atoms with E-state index >= 15 is 0 Å². The third-order valence-electron chi connectivity index (χ3n) is 1.97. The van der Waals surface area contributed by atoms with Gasteiger partial charge in [-0.3, -0.25) is 21.6 Å². The predicted molar refractivity (Wildman–Crippen MR) is 52.7 cm³/mol. The second-order valence-electron chi connectivity index (χ2n) is 3.27. The molecule has 0 spiro atoms. The summed E-state index contributed by atoms with van der Waals surface area (Å²) in [6.45, 7) is 0. The first-order valence-corrected chi connectivity index (χ1v) is 4.23. The van der Waals surface area contributed by atoms with E-state index in [1.807, 2.05) is 0 Å². The maximum absolute atomic E-state index is 11.4. The molecule has 0 saturated carbocycles. The van der Waals surface area contributed by atoms with Gasteiger partial charge < -0.3 is 5.21 Å². The molecule has 0 atom stereocenters. The van der Waals surface area contributed by atoms with E-state index < -0.39 is 10.8 Å². The van der Waals surface area contributed by atoms with Crippen LogP contribution in [0.25, 0.3) is 0 Å². The minimum atomic E-state index is -1.70. The van der Waals surface area contributed by atoms with Gasteiger partial charge in [-0.15, -0.1) is 5.43 Å². The van der Waals surface area contributed by atoms with Crippen LogP contribution in [0.3, 0.4) is 0 Å². The Morgan fingerprint density at radius 2 is 2.19 bits per heavy atom. The molecule has 9 nitrogen and oxygen atoms in total. The number of nitro groups is 1. The topological polar surface area (TPSA) is 146 Å². The molecule has 1 aliphatic heterocycles. The molecule has 16 heavy (non-hydrogen) atoms. The molecule has 1 aromatic carbocycles. The number of nitrogens with one attached hydrogen (secondary N) is 1. The molecule has 84 valence electrons. The summed E-state index contributed by atoms with van der Waals surface area (Å²) in [6.07, 6.45) is 0. The highest BCUT2D eigenvalue weighted by Crippen LogP contribution is 2.03. The van der Waals surface area contributed by atoms with E-state index in [0.717, 1.165) is 6.07 Å². The molecule has 0 unspecified atom stereocenters. The first-order chi connectivity index (χ1) is 7.39. The van der Waals surface area contributed by atoms with Crippen molar-refractivity contribution in [3.8, 4) is 0 Å². The molecule has 0 amide bonds. The number of hydrogen-bond acceptors (Lipinski definition) is 7. The lowest BCUT2D eigenvalue weighted by molar-refractivity contribution is -0.385. The van der Waals surface area contributed by atoms with Crippen molar-refractivity contribution in [2.75, 3.05) is 0 Å². The Hall–Kier alpha value is -2.26. The third-order valence-corrected chi connectivity index (χ3v) is 1.97. The van der Waals surface area contributed by atoms with Gasteiger partial charge in [-0.25, -0.2) is 4.99 Å². The molecule has 0 aliphatic carbocycles. The number of hydrazine groups is 1. The monoisotopic (exact) mass is 224 g/mol. The van der Waals surface area contributed by atoms with Crippen molar-refractivity contribution in [3.05, 3.63) is 44.2 Å². The molecule has 0 bridgehead atoms. The van der Waals surface area contributed by atoms with Gasteiger partial charge in [0.1, 0.15) is 5.36 Å². The van der Waals surface area contributed by atoms with E-state index in [1.54, 1.807) is 0 Å². The van der Waals surface area contributed by atoms with Gasteiger partial charge in [0.2, 0.25) is 0 Å². The SMILES string of the molecule is NC1(N)N=c2ccc([N+](=O)[O-])cc2=[N+]([O-])N1. The highest BCUT2D eigenvalue weighted by atomic mass is 16.6. The van der Waals surface area contributed by atoms with E-state index in [-0.39, 0.29) is 21.2 Å². The van der Waals surface area contributed by atoms with Crippen LogP contribution in [0.1, 0.15) is 0 Å². The van der Waals surface area contributed by atoms with Gasteiger partial charge in [0, 0.05) is 6.07 Å². The Labute approximate surface area is 88.4 Å². The van der Waals surface area contributed by atoms with Crippen LogP contribution in [-0.2, 0) is 0 Å². The summed E-state index contributed by atoms with van der Waals surface area (Å²) in [4.78, 5) is 14.0. The van der Waals surface area contributed by atoms with E-state index in [4.69, 9.17) is 11.5 Å². The van der Waals surface area contributed by atoms with Crippen LogP contribution in [0.15, 0.2) is 23.2 Å². The van der Waals surface area contributed by atoms with Crippen LogP contribution in [0.2, 0.25) is 0 Å². The second-order valence-corrected chi connectivity index (χ2v) is 3.27. The van der Waals surface area contributed by atoms with Gasteiger partial charge in [-0.2, -0.15) is 0 Å². The summed E-state index contributed by atoms with van der Waals surface area (Å²) in [5.41, 5.74) is 12.7. The maximum atomic E-state index is 11.4. The van der Waals surface area contributed by atoms with Crippen molar-refractivity contribution in [1.29, 1.82) is 0 Å². The van der Waals surface area contributed by atoms with Gasteiger partial charge in [0.15, 0.2) is 0 Å². The van der Waals surface area contributed by atoms with Crippen molar-refractivity contribution in [3.63, 3.8) is 0 Å². The van der Waals surface area contributed by atoms with Gasteiger partial charge in [-0.1, -0.05) is 4.85 Å². The lowest BCUT2D eigenvalue weighted by Gasteiger charge is -2.21. The maximum Gasteiger partial charge on any atom is 0.288 e. The number of nitrogens with two attached hydrogens (primary N) is 2. The number of fused-ring (bicyclic) bond motifs is 1. The number of nitro benzene ring substituents is 1. The van der Waals surface area contributed by atoms with Crippen LogP contribution in [0, 0.1) is 15.3 Å². The fourth-order valence-electron chi connectivity index (χ4n) is 1.33. The zero-order valence-corrected chi connectivity index (χ0v) is 7.95. The van der Waals surface area contributed by atoms with Crippen molar-refractivity contribution in [1.82, 2.24) is 10.3 Å². The normalized spacial score (nSPS) is 17.0. The lowest BCUT2D eigenvalue weighted by atomic mass is 10.3. The number of benzene rings is 1. The van der Waals surface area contributed by atoms with E-state index in [0.29, 0.717) is 0 Å². The summed E-state index contributed by atoms with van der Waals surface area (Å²) < 4.78 is 0. The Bertz CT molecular complexity index is 580. The lowest BCUT2D eigenvalue weighted by Crippen LogP contribution is -2.69. The quantitative estimate of drug-likeness (QED) is 0.155. The minimum absolute atomic E-state index is 0.000671. The first kappa shape index (κ1) is 10.3. The minimum Gasteiger partial charge on any atom is -0.596 e. The number of rotatable bonds is 1. The van der Waals surface area contributed by atoms with Gasteiger partial charge >= 0.3 is 0 Å². The molecule has 1 aromatic rings. The van der Waals surface area contributed by atoms with Crippen molar-refractivity contribution >= 4 is 5.69 Å². The Morgan fingerprint density at radius 3 is 2.81 bits per heavy atom. The van der Waals surface area contributed by atoms with E-state index in [2.05, 4.69) is 10.4 Å². The highest BCUT2D eigenvalue weighted by Gasteiger charge is 2.26. The van der Waals surface area contributed by atoms with Crippen molar-refractivity contribution in [2.24, 2.45) is 16.5 Å². The zero-order chi connectivity index (χ0) is 11.9. The van der Waals surface area contributed by atoms with Crippen LogP contribution in [0.5, 0.6) is 0 Å². The van der Waals surface area contributed by atoms with Crippen molar-refractivity contribution in [2.45, 2.75) is 5.91 Å². The van der Waals surface area contributed by atoms with Crippen molar-refractivity contribution < 1.29 is 4.92 Å². The van der Waals surface area contributed by atoms with Crippen LogP contribution in [-0.4, -0.2) is 10.8 Å². The molecule has 0 aromatic heterocycles. The molecular weight excluding hydrogens is 216 g/mol. The first-order valence-electron chi connectivity index (χ1n) is 4.23. The average Bonchev–Trinajstić information content (AvgIpc) is 2.15. The fraction of sp³-hybridized carbons (Fsp3) is 0.143. The number of nitrogens with zero attached hydrogens (tertiary/aromatic N) is 3. The van der Waals surface area contributed by atoms with E-state index in [9.17, 15) is 15.3 Å². The summed E-state index contributed by atoms with van der Waals surface area (Å²) in [5, 5.41) is 22.1. The standard InChI is InChI=1S/C7H8N6O3/c8-7(9)10-5-2-1-4(13(15)16)3-6(5)12(14)11-7/h1-3,11H,8-9H2. The summed E-state index contributed by atoms with van der Waals surface area (Å²) in [5.74, 6) is -1.70. The van der Waals surface area contributed by atoms with Crippen LogP contribution < -0.4 is 32.5 Å². The van der Waals surface area contributed by atoms with Crippen LogP contribution >= 0.6 is 0 Å². The predicted octanol–water partition coefficient (Wildman–Crippen LogP) is -2.75. The Morgan fingerprint density at radius 1 is 1.50 bits per heavy atom. The third kappa shape index (κ3) is 1.64. The molecule has 0 fully saturated rings. The van der Waals surface area contributed by atoms with Gasteiger partial charge in [-0.05, 0) is 6.07 Å². The number of non-ortho nitro benzene ring substituents is 1. The molecule has 9 heteroatoms. The molecule has 1 heterocycles. The van der Waals surface area contributed by atoms with Gasteiger partial charge in [0.05, 0.1) is 11.0 Å². The molecule has 5 N–H and O–H groups in total. The molecular formula is C7H8N6O3. The Balaban J connectivity index is 2.74. The average molecular weight is 224 g/mol. The van der Waals surface area contributed by atoms with Crippen LogP contribution in [0.4, 0.5) is 5.69 Å². The summed E-state index contributed by atoms with van der Waals surface area (Å²) in [7, 11) is 0. The summed E-state index contributed by atoms with van der Waals surface area (Å²) in [6, 6.07) is 3.62.